The first-order valence-corrected chi connectivity index (χ1v) is 11.5. The van der Waals surface area contributed by atoms with Crippen LogP contribution in [0.5, 0.6) is 5.75 Å². The van der Waals surface area contributed by atoms with Crippen LogP contribution in [0.3, 0.4) is 0 Å². The van der Waals surface area contributed by atoms with Crippen molar-refractivity contribution in [3.05, 3.63) is 54.1 Å². The number of aryl methyl sites for hydroxylation is 1. The molecule has 0 saturated carbocycles. The minimum Gasteiger partial charge on any atom is -0.497 e. The van der Waals surface area contributed by atoms with Gasteiger partial charge in [-0.3, -0.25) is 4.79 Å². The lowest BCUT2D eigenvalue weighted by atomic mass is 9.96. The number of carbonyl (C=O) groups excluding carboxylic acids is 1. The predicted octanol–water partition coefficient (Wildman–Crippen LogP) is 4.66. The van der Waals surface area contributed by atoms with Gasteiger partial charge in [-0.25, -0.2) is 4.98 Å². The fourth-order valence-corrected chi connectivity index (χ4v) is 5.01. The number of nitrogens with one attached hydrogen (secondary N) is 1. The summed E-state index contributed by atoms with van der Waals surface area (Å²) in [7, 11) is 1.68. The molecule has 0 aliphatic carbocycles. The molecule has 158 valence electrons. The lowest BCUT2D eigenvalue weighted by molar-refractivity contribution is -0.125. The molecule has 0 bridgehead atoms. The molecule has 2 heterocycles. The average molecular weight is 424 g/mol. The SMILES string of the molecule is COc1ccc2nc(N3CCCC(C(=O)NC(C)CCc4ccccc4)C3)sc2c1. The first kappa shape index (κ1) is 20.7. The van der Waals surface area contributed by atoms with Gasteiger partial charge in [0.15, 0.2) is 5.13 Å². The first-order valence-electron chi connectivity index (χ1n) is 10.7. The van der Waals surface area contributed by atoms with E-state index in [2.05, 4.69) is 41.4 Å². The molecular weight excluding hydrogens is 394 g/mol. The van der Waals surface area contributed by atoms with Crippen LogP contribution in [0.1, 0.15) is 31.7 Å². The molecule has 4 rings (SSSR count). The second-order valence-electron chi connectivity index (χ2n) is 8.05. The number of benzene rings is 2. The smallest absolute Gasteiger partial charge is 0.225 e. The van der Waals surface area contributed by atoms with Crippen LogP contribution < -0.4 is 15.0 Å². The van der Waals surface area contributed by atoms with Crippen molar-refractivity contribution < 1.29 is 9.53 Å². The van der Waals surface area contributed by atoms with Crippen molar-refractivity contribution in [3.8, 4) is 5.75 Å². The van der Waals surface area contributed by atoms with Crippen LogP contribution in [0, 0.1) is 5.92 Å². The van der Waals surface area contributed by atoms with E-state index in [1.54, 1.807) is 18.4 Å². The summed E-state index contributed by atoms with van der Waals surface area (Å²) in [6, 6.07) is 16.6. The van der Waals surface area contributed by atoms with Crippen molar-refractivity contribution in [2.45, 2.75) is 38.6 Å². The van der Waals surface area contributed by atoms with Gasteiger partial charge >= 0.3 is 0 Å². The van der Waals surface area contributed by atoms with Crippen molar-refractivity contribution in [1.29, 1.82) is 0 Å². The van der Waals surface area contributed by atoms with E-state index in [0.717, 1.165) is 59.9 Å². The number of piperidine rings is 1. The normalized spacial score (nSPS) is 17.7. The highest BCUT2D eigenvalue weighted by Gasteiger charge is 2.28. The summed E-state index contributed by atoms with van der Waals surface area (Å²) in [5, 5.41) is 4.23. The number of hydrogen-bond acceptors (Lipinski definition) is 5. The van der Waals surface area contributed by atoms with E-state index >= 15 is 0 Å². The number of carbonyl (C=O) groups is 1. The van der Waals surface area contributed by atoms with Gasteiger partial charge in [0, 0.05) is 19.1 Å². The Morgan fingerprint density at radius 2 is 2.13 bits per heavy atom. The summed E-state index contributed by atoms with van der Waals surface area (Å²) in [6.45, 7) is 3.78. The number of rotatable bonds is 7. The fourth-order valence-electron chi connectivity index (χ4n) is 3.98. The van der Waals surface area contributed by atoms with Crippen molar-refractivity contribution in [2.24, 2.45) is 5.92 Å². The monoisotopic (exact) mass is 423 g/mol. The zero-order valence-corrected chi connectivity index (χ0v) is 18.5. The Hall–Kier alpha value is -2.60. The van der Waals surface area contributed by atoms with Crippen molar-refractivity contribution in [3.63, 3.8) is 0 Å². The van der Waals surface area contributed by atoms with Gasteiger partial charge in [-0.15, -0.1) is 0 Å². The highest BCUT2D eigenvalue weighted by molar-refractivity contribution is 7.22. The number of amides is 1. The van der Waals surface area contributed by atoms with Crippen LogP contribution in [-0.2, 0) is 11.2 Å². The third-order valence-corrected chi connectivity index (χ3v) is 6.82. The van der Waals surface area contributed by atoms with E-state index < -0.39 is 0 Å². The van der Waals surface area contributed by atoms with Crippen LogP contribution in [0.15, 0.2) is 48.5 Å². The Kier molecular flexibility index (Phi) is 6.53. The molecule has 30 heavy (non-hydrogen) atoms. The highest BCUT2D eigenvalue weighted by Crippen LogP contribution is 2.33. The topological polar surface area (TPSA) is 54.5 Å². The maximum Gasteiger partial charge on any atom is 0.225 e. The Morgan fingerprint density at radius 1 is 1.30 bits per heavy atom. The maximum atomic E-state index is 12.9. The second kappa shape index (κ2) is 9.47. The van der Waals surface area contributed by atoms with E-state index in [0.29, 0.717) is 0 Å². The van der Waals surface area contributed by atoms with Gasteiger partial charge in [0.05, 0.1) is 23.2 Å². The zero-order chi connectivity index (χ0) is 20.9. The zero-order valence-electron chi connectivity index (χ0n) is 17.6. The molecule has 2 unspecified atom stereocenters. The van der Waals surface area contributed by atoms with Crippen molar-refractivity contribution >= 4 is 32.6 Å². The number of thiazole rings is 1. The van der Waals surface area contributed by atoms with Crippen molar-refractivity contribution in [1.82, 2.24) is 10.3 Å². The summed E-state index contributed by atoms with van der Waals surface area (Å²) in [5.74, 6) is 1.03. The molecule has 1 fully saturated rings. The molecule has 1 saturated heterocycles. The second-order valence-corrected chi connectivity index (χ2v) is 9.06. The van der Waals surface area contributed by atoms with Gasteiger partial charge in [0.1, 0.15) is 5.75 Å². The van der Waals surface area contributed by atoms with E-state index in [-0.39, 0.29) is 17.9 Å². The number of aromatic nitrogens is 1. The molecule has 2 aromatic carbocycles. The number of fused-ring (bicyclic) bond motifs is 1. The average Bonchev–Trinajstić information content (AvgIpc) is 3.22. The minimum atomic E-state index is 0.0134. The summed E-state index contributed by atoms with van der Waals surface area (Å²) >= 11 is 1.67. The molecular formula is C24H29N3O2S. The van der Waals surface area contributed by atoms with E-state index in [1.165, 1.54) is 5.56 Å². The Labute approximate surface area is 182 Å². The van der Waals surface area contributed by atoms with Gasteiger partial charge in [-0.05, 0) is 56.4 Å². The Bertz CT molecular complexity index is 989. The predicted molar refractivity (Wildman–Crippen MR) is 123 cm³/mol. The number of nitrogens with zero attached hydrogens (tertiary/aromatic N) is 2. The van der Waals surface area contributed by atoms with Crippen molar-refractivity contribution in [2.75, 3.05) is 25.1 Å². The molecule has 1 N–H and O–H groups in total. The molecule has 0 spiro atoms. The minimum absolute atomic E-state index is 0.0134. The molecule has 1 amide bonds. The van der Waals surface area contributed by atoms with Crippen LogP contribution in [0.25, 0.3) is 10.2 Å². The van der Waals surface area contributed by atoms with E-state index in [1.807, 2.05) is 24.3 Å². The van der Waals surface area contributed by atoms with Crippen LogP contribution in [0.2, 0.25) is 0 Å². The third-order valence-electron chi connectivity index (χ3n) is 5.74. The van der Waals surface area contributed by atoms with Crippen LogP contribution >= 0.6 is 11.3 Å². The summed E-state index contributed by atoms with van der Waals surface area (Å²) < 4.78 is 6.44. The molecule has 6 heteroatoms. The molecule has 5 nitrogen and oxygen atoms in total. The van der Waals surface area contributed by atoms with Crippen LogP contribution in [-0.4, -0.2) is 37.1 Å². The number of methoxy groups -OCH3 is 1. The third kappa shape index (κ3) is 4.93. The number of anilines is 1. The van der Waals surface area contributed by atoms with Gasteiger partial charge < -0.3 is 15.0 Å². The summed E-state index contributed by atoms with van der Waals surface area (Å²) in [5.41, 5.74) is 2.30. The summed E-state index contributed by atoms with van der Waals surface area (Å²) in [6.07, 6.45) is 3.88. The maximum absolute atomic E-state index is 12.9. The Morgan fingerprint density at radius 3 is 2.93 bits per heavy atom. The fraction of sp³-hybridized carbons (Fsp3) is 0.417. The largest absolute Gasteiger partial charge is 0.497 e. The van der Waals surface area contributed by atoms with E-state index in [9.17, 15) is 4.79 Å². The lowest BCUT2D eigenvalue weighted by Crippen LogP contribution is -2.45. The molecule has 1 aliphatic rings. The summed E-state index contributed by atoms with van der Waals surface area (Å²) in [4.78, 5) is 19.9. The van der Waals surface area contributed by atoms with Gasteiger partial charge in [0.25, 0.3) is 0 Å². The van der Waals surface area contributed by atoms with E-state index in [4.69, 9.17) is 9.72 Å². The quantitative estimate of drug-likeness (QED) is 0.601. The first-order chi connectivity index (χ1) is 14.6. The van der Waals surface area contributed by atoms with Gasteiger partial charge in [0.2, 0.25) is 5.91 Å². The van der Waals surface area contributed by atoms with Crippen LogP contribution in [0.4, 0.5) is 5.13 Å². The molecule has 0 radical (unpaired) electrons. The lowest BCUT2D eigenvalue weighted by Gasteiger charge is -2.32. The molecule has 1 aromatic heterocycles. The molecule has 1 aliphatic heterocycles. The van der Waals surface area contributed by atoms with Gasteiger partial charge in [-0.1, -0.05) is 41.7 Å². The Balaban J connectivity index is 1.34. The van der Waals surface area contributed by atoms with Gasteiger partial charge in [-0.2, -0.15) is 0 Å². The number of ether oxygens (including phenoxy) is 1. The highest BCUT2D eigenvalue weighted by atomic mass is 32.1. The number of hydrogen-bond donors (Lipinski definition) is 1. The molecule has 3 aromatic rings. The molecule has 2 atom stereocenters. The standard InChI is InChI=1S/C24H29N3O2S/c1-17(10-11-18-7-4-3-5-8-18)25-23(28)19-9-6-14-27(16-19)24-26-21-13-12-20(29-2)15-22(21)30-24/h3-5,7-8,12-13,15,17,19H,6,9-11,14,16H2,1-2H3,(H,25,28).